The van der Waals surface area contributed by atoms with Crippen LogP contribution in [0, 0.1) is 13.8 Å². The highest BCUT2D eigenvalue weighted by Crippen LogP contribution is 2.28. The van der Waals surface area contributed by atoms with E-state index in [2.05, 4.69) is 68.7 Å². The first kappa shape index (κ1) is 20.6. The van der Waals surface area contributed by atoms with Crippen LogP contribution in [0.1, 0.15) is 22.4 Å². The lowest BCUT2D eigenvalue weighted by Crippen LogP contribution is -2.08. The molecule has 3 heterocycles. The molecule has 0 bridgehead atoms. The van der Waals surface area contributed by atoms with Gasteiger partial charge in [-0.25, -0.2) is 15.0 Å². The molecule has 0 atom stereocenters. The molecule has 0 unspecified atom stereocenters. The standard InChI is InChI=1S/C26H25N7/c1-16-9-22-21(7-8-28-26(22)27)17(2)23(16)14-31-25-11-24(32-15-33-25)30-13-20-10-18-5-3-4-6-19(18)12-29-20/h3-12,15H,13-14H2,1-2H3,(H2,27,28)(H2,30,31,32,33). The number of aryl methyl sites for hydroxylation is 2. The molecule has 5 rings (SSSR count). The van der Waals surface area contributed by atoms with Gasteiger partial charge in [-0.3, -0.25) is 4.98 Å². The molecule has 0 saturated heterocycles. The second kappa shape index (κ2) is 8.70. The van der Waals surface area contributed by atoms with Gasteiger partial charge in [-0.15, -0.1) is 0 Å². The Morgan fingerprint density at radius 1 is 0.788 bits per heavy atom. The number of benzene rings is 2. The number of nitrogen functional groups attached to an aromatic ring is 1. The van der Waals surface area contributed by atoms with E-state index >= 15 is 0 Å². The summed E-state index contributed by atoms with van der Waals surface area (Å²) in [7, 11) is 0. The van der Waals surface area contributed by atoms with E-state index in [0.717, 1.165) is 33.5 Å². The summed E-state index contributed by atoms with van der Waals surface area (Å²) >= 11 is 0. The normalized spacial score (nSPS) is 11.1. The maximum atomic E-state index is 6.07. The predicted molar refractivity (Wildman–Crippen MR) is 134 cm³/mol. The maximum Gasteiger partial charge on any atom is 0.131 e. The second-order valence-corrected chi connectivity index (χ2v) is 8.11. The van der Waals surface area contributed by atoms with Gasteiger partial charge in [-0.1, -0.05) is 24.3 Å². The van der Waals surface area contributed by atoms with Crippen LogP contribution >= 0.6 is 0 Å². The number of anilines is 3. The zero-order valence-corrected chi connectivity index (χ0v) is 18.6. The number of nitrogens with two attached hydrogens (primary N) is 1. The van der Waals surface area contributed by atoms with Crippen molar-refractivity contribution in [3.05, 3.63) is 89.6 Å². The highest BCUT2D eigenvalue weighted by atomic mass is 15.1. The third-order valence-corrected chi connectivity index (χ3v) is 5.97. The van der Waals surface area contributed by atoms with Crippen LogP contribution in [0.25, 0.3) is 21.5 Å². The molecule has 4 N–H and O–H groups in total. The summed E-state index contributed by atoms with van der Waals surface area (Å²) in [5.41, 5.74) is 10.6. The summed E-state index contributed by atoms with van der Waals surface area (Å²) < 4.78 is 0. The Kier molecular flexibility index (Phi) is 5.44. The van der Waals surface area contributed by atoms with Gasteiger partial charge in [0, 0.05) is 35.8 Å². The molecule has 0 saturated carbocycles. The van der Waals surface area contributed by atoms with E-state index in [-0.39, 0.29) is 0 Å². The molecule has 0 radical (unpaired) electrons. The Hall–Kier alpha value is -4.26. The lowest BCUT2D eigenvalue weighted by Gasteiger charge is -2.15. The fraction of sp³-hybridized carbons (Fsp3) is 0.154. The average Bonchev–Trinajstić information content (AvgIpc) is 2.83. The van der Waals surface area contributed by atoms with Crippen molar-refractivity contribution < 1.29 is 0 Å². The van der Waals surface area contributed by atoms with Crippen LogP contribution in [0.2, 0.25) is 0 Å². The van der Waals surface area contributed by atoms with Crippen LogP contribution in [0.3, 0.4) is 0 Å². The average molecular weight is 436 g/mol. The highest BCUT2D eigenvalue weighted by molar-refractivity contribution is 5.94. The van der Waals surface area contributed by atoms with E-state index in [1.807, 2.05) is 30.5 Å². The summed E-state index contributed by atoms with van der Waals surface area (Å²) in [6, 6.07) is 16.3. The van der Waals surface area contributed by atoms with Crippen molar-refractivity contribution in [1.82, 2.24) is 19.9 Å². The minimum atomic E-state index is 0.561. The van der Waals surface area contributed by atoms with Gasteiger partial charge in [0.25, 0.3) is 0 Å². The van der Waals surface area contributed by atoms with Gasteiger partial charge in [0.1, 0.15) is 23.8 Å². The van der Waals surface area contributed by atoms with Crippen LogP contribution in [0.5, 0.6) is 0 Å². The first-order valence-corrected chi connectivity index (χ1v) is 10.9. The number of aromatic nitrogens is 4. The fourth-order valence-electron chi connectivity index (χ4n) is 4.14. The first-order chi connectivity index (χ1) is 16.1. The zero-order chi connectivity index (χ0) is 22.8. The summed E-state index contributed by atoms with van der Waals surface area (Å²) in [6.07, 6.45) is 5.21. The summed E-state index contributed by atoms with van der Waals surface area (Å²) in [4.78, 5) is 17.5. The maximum absolute atomic E-state index is 6.07. The number of hydrogen-bond donors (Lipinski definition) is 3. The SMILES string of the molecule is Cc1cc2c(N)nccc2c(C)c1CNc1cc(NCc2cc3ccccc3cn2)ncn1. The molecule has 2 aromatic carbocycles. The minimum absolute atomic E-state index is 0.561. The molecule has 5 aromatic rings. The lowest BCUT2D eigenvalue weighted by atomic mass is 9.96. The Bertz CT molecular complexity index is 1460. The lowest BCUT2D eigenvalue weighted by molar-refractivity contribution is 1.02. The molecule has 0 aliphatic rings. The predicted octanol–water partition coefficient (Wildman–Crippen LogP) is 5.00. The Morgan fingerprint density at radius 3 is 2.36 bits per heavy atom. The van der Waals surface area contributed by atoms with Crippen molar-refractivity contribution >= 4 is 39.0 Å². The van der Waals surface area contributed by atoms with Crippen LogP contribution < -0.4 is 16.4 Å². The highest BCUT2D eigenvalue weighted by Gasteiger charge is 2.10. The molecule has 0 aliphatic carbocycles. The molecule has 0 spiro atoms. The molecule has 0 fully saturated rings. The van der Waals surface area contributed by atoms with Gasteiger partial charge in [0.15, 0.2) is 0 Å². The molecular formula is C26H25N7. The second-order valence-electron chi connectivity index (χ2n) is 8.11. The van der Waals surface area contributed by atoms with Crippen LogP contribution in [-0.4, -0.2) is 19.9 Å². The smallest absolute Gasteiger partial charge is 0.131 e. The van der Waals surface area contributed by atoms with Crippen molar-refractivity contribution in [2.75, 3.05) is 16.4 Å². The van der Waals surface area contributed by atoms with Crippen molar-refractivity contribution in [1.29, 1.82) is 0 Å². The first-order valence-electron chi connectivity index (χ1n) is 10.9. The number of hydrogen-bond acceptors (Lipinski definition) is 7. The zero-order valence-electron chi connectivity index (χ0n) is 18.6. The largest absolute Gasteiger partial charge is 0.383 e. The van der Waals surface area contributed by atoms with Gasteiger partial charge in [-0.05, 0) is 59.5 Å². The Balaban J connectivity index is 1.29. The van der Waals surface area contributed by atoms with Crippen molar-refractivity contribution in [2.45, 2.75) is 26.9 Å². The van der Waals surface area contributed by atoms with E-state index in [9.17, 15) is 0 Å². The topological polar surface area (TPSA) is 102 Å². The van der Waals surface area contributed by atoms with Gasteiger partial charge in [0.05, 0.1) is 12.2 Å². The monoisotopic (exact) mass is 435 g/mol. The number of nitrogens with zero attached hydrogens (tertiary/aromatic N) is 4. The van der Waals surface area contributed by atoms with Crippen LogP contribution in [-0.2, 0) is 13.1 Å². The van der Waals surface area contributed by atoms with E-state index in [0.29, 0.717) is 18.9 Å². The molecule has 7 nitrogen and oxygen atoms in total. The molecule has 0 aliphatic heterocycles. The third-order valence-electron chi connectivity index (χ3n) is 5.97. The Labute approximate surface area is 192 Å². The number of nitrogens with one attached hydrogen (secondary N) is 2. The van der Waals surface area contributed by atoms with Gasteiger partial charge >= 0.3 is 0 Å². The van der Waals surface area contributed by atoms with Crippen molar-refractivity contribution in [3.8, 4) is 0 Å². The number of fused-ring (bicyclic) bond motifs is 2. The van der Waals surface area contributed by atoms with Crippen molar-refractivity contribution in [2.24, 2.45) is 0 Å². The van der Waals surface area contributed by atoms with E-state index < -0.39 is 0 Å². The minimum Gasteiger partial charge on any atom is -0.383 e. The van der Waals surface area contributed by atoms with Gasteiger partial charge in [0.2, 0.25) is 0 Å². The van der Waals surface area contributed by atoms with Gasteiger partial charge in [-0.2, -0.15) is 0 Å². The fourth-order valence-corrected chi connectivity index (χ4v) is 4.14. The summed E-state index contributed by atoms with van der Waals surface area (Å²) in [5.74, 6) is 2.06. The van der Waals surface area contributed by atoms with E-state index in [1.165, 1.54) is 22.1 Å². The molecule has 0 amide bonds. The summed E-state index contributed by atoms with van der Waals surface area (Å²) in [6.45, 7) is 5.45. The third kappa shape index (κ3) is 4.25. The van der Waals surface area contributed by atoms with Crippen molar-refractivity contribution in [3.63, 3.8) is 0 Å². The quantitative estimate of drug-likeness (QED) is 0.345. The van der Waals surface area contributed by atoms with Gasteiger partial charge < -0.3 is 16.4 Å². The number of rotatable bonds is 6. The van der Waals surface area contributed by atoms with Crippen LogP contribution in [0.15, 0.2) is 67.3 Å². The Morgan fingerprint density at radius 2 is 1.55 bits per heavy atom. The number of pyridine rings is 2. The summed E-state index contributed by atoms with van der Waals surface area (Å²) in [5, 5.41) is 11.2. The molecule has 7 heteroatoms. The van der Waals surface area contributed by atoms with Crippen LogP contribution in [0.4, 0.5) is 17.5 Å². The molecule has 3 aromatic heterocycles. The van der Waals surface area contributed by atoms with E-state index in [4.69, 9.17) is 5.73 Å². The molecule has 164 valence electrons. The molecule has 33 heavy (non-hydrogen) atoms. The van der Waals surface area contributed by atoms with E-state index in [1.54, 1.807) is 12.5 Å². The molecular weight excluding hydrogens is 410 g/mol.